The largest absolute Gasteiger partial charge is 0.481 e. The molecule has 0 fully saturated rings. The van der Waals surface area contributed by atoms with Gasteiger partial charge in [-0.15, -0.1) is 0 Å². The van der Waals surface area contributed by atoms with E-state index in [0.29, 0.717) is 16.8 Å². The number of rotatable bonds is 1. The van der Waals surface area contributed by atoms with Crippen LogP contribution in [0.1, 0.15) is 0 Å². The van der Waals surface area contributed by atoms with E-state index in [0.717, 1.165) is 0 Å². The molecule has 13 heavy (non-hydrogen) atoms. The Balaban J connectivity index is 2.66. The number of hydrogen-bond donors (Lipinski definition) is 0. The fourth-order valence-electron chi connectivity index (χ4n) is 1.12. The molecule has 65 valence electrons. The van der Waals surface area contributed by atoms with Crippen LogP contribution in [0.4, 0.5) is 4.39 Å². The first-order valence-corrected chi connectivity index (χ1v) is 3.81. The Hall–Kier alpha value is -1.64. The van der Waals surface area contributed by atoms with Crippen LogP contribution in [0, 0.1) is 11.9 Å². The van der Waals surface area contributed by atoms with Crippen LogP contribution < -0.4 is 4.74 Å². The van der Waals surface area contributed by atoms with Crippen LogP contribution in [-0.4, -0.2) is 12.1 Å². The van der Waals surface area contributed by atoms with Gasteiger partial charge in [-0.2, -0.15) is 0 Å². The van der Waals surface area contributed by atoms with E-state index in [1.165, 1.54) is 19.2 Å². The fraction of sp³-hybridized carbons (Fsp3) is 0.100. The Morgan fingerprint density at radius 1 is 1.46 bits per heavy atom. The molecule has 0 aliphatic carbocycles. The van der Waals surface area contributed by atoms with Gasteiger partial charge in [-0.1, -0.05) is 0 Å². The highest BCUT2D eigenvalue weighted by Gasteiger charge is 1.99. The number of halogens is 1. The lowest BCUT2D eigenvalue weighted by atomic mass is 10.2. The maximum Gasteiger partial charge on any atom is 0.214 e. The molecule has 1 aromatic heterocycles. The summed E-state index contributed by atoms with van der Waals surface area (Å²) in [5.41, 5.74) is 0.681. The van der Waals surface area contributed by atoms with Gasteiger partial charge in [0.25, 0.3) is 0 Å². The van der Waals surface area contributed by atoms with E-state index in [-0.39, 0.29) is 5.82 Å². The van der Waals surface area contributed by atoms with E-state index in [4.69, 9.17) is 4.74 Å². The van der Waals surface area contributed by atoms with Crippen molar-refractivity contribution in [1.29, 1.82) is 0 Å². The van der Waals surface area contributed by atoms with Gasteiger partial charge in [-0.3, -0.25) is 0 Å². The monoisotopic (exact) mass is 176 g/mol. The number of fused-ring (bicyclic) bond motifs is 1. The van der Waals surface area contributed by atoms with Crippen molar-refractivity contribution >= 4 is 10.9 Å². The molecule has 0 unspecified atom stereocenters. The summed E-state index contributed by atoms with van der Waals surface area (Å²) >= 11 is 0. The van der Waals surface area contributed by atoms with Gasteiger partial charge < -0.3 is 4.74 Å². The highest BCUT2D eigenvalue weighted by atomic mass is 19.1. The molecular weight excluding hydrogens is 169 g/mol. The third-order valence-corrected chi connectivity index (χ3v) is 1.75. The van der Waals surface area contributed by atoms with Crippen LogP contribution in [0.3, 0.4) is 0 Å². The summed E-state index contributed by atoms with van der Waals surface area (Å²) in [6, 6.07) is 8.82. The zero-order valence-electron chi connectivity index (χ0n) is 7.04. The molecule has 1 heterocycles. The van der Waals surface area contributed by atoms with Gasteiger partial charge >= 0.3 is 0 Å². The number of pyridine rings is 1. The van der Waals surface area contributed by atoms with Crippen LogP contribution >= 0.6 is 0 Å². The standard InChI is InChI=1S/C10H7FNO/c1-13-10-5-2-7-6-8(11)3-4-9(7)12-10/h3-6H,1H3. The van der Waals surface area contributed by atoms with Gasteiger partial charge in [0.1, 0.15) is 5.82 Å². The molecule has 0 aliphatic rings. The first-order chi connectivity index (χ1) is 6.29. The number of methoxy groups -OCH3 is 1. The number of aromatic nitrogens is 1. The Morgan fingerprint density at radius 2 is 2.31 bits per heavy atom. The van der Waals surface area contributed by atoms with Crippen LogP contribution in [0.25, 0.3) is 10.9 Å². The topological polar surface area (TPSA) is 22.1 Å². The Morgan fingerprint density at radius 3 is 3.08 bits per heavy atom. The second kappa shape index (κ2) is 3.01. The molecular formula is C10H7FNO. The van der Waals surface area contributed by atoms with E-state index < -0.39 is 0 Å². The number of hydrogen-bond acceptors (Lipinski definition) is 2. The van der Waals surface area contributed by atoms with Crippen LogP contribution in [0.2, 0.25) is 0 Å². The summed E-state index contributed by atoms with van der Waals surface area (Å²) in [6.07, 6.45) is 0. The summed E-state index contributed by atoms with van der Waals surface area (Å²) in [6.45, 7) is 0. The maximum absolute atomic E-state index is 12.7. The van der Waals surface area contributed by atoms with Gasteiger partial charge in [0.15, 0.2) is 0 Å². The molecule has 2 aromatic rings. The third-order valence-electron chi connectivity index (χ3n) is 1.75. The average Bonchev–Trinajstić information content (AvgIpc) is 2.17. The molecule has 1 aromatic carbocycles. The van der Waals surface area contributed by atoms with E-state index in [1.54, 1.807) is 12.1 Å². The van der Waals surface area contributed by atoms with Crippen molar-refractivity contribution < 1.29 is 9.13 Å². The van der Waals surface area contributed by atoms with Crippen molar-refractivity contribution in [2.45, 2.75) is 0 Å². The smallest absolute Gasteiger partial charge is 0.214 e. The SMILES string of the molecule is COc1c[c]c2cc(F)ccc2n1. The molecule has 1 radical (unpaired) electrons. The van der Waals surface area contributed by atoms with E-state index >= 15 is 0 Å². The van der Waals surface area contributed by atoms with Gasteiger partial charge in [-0.05, 0) is 24.3 Å². The predicted octanol–water partition coefficient (Wildman–Crippen LogP) is 2.18. The lowest BCUT2D eigenvalue weighted by molar-refractivity contribution is 0.399. The summed E-state index contributed by atoms with van der Waals surface area (Å²) in [5.74, 6) is 0.204. The van der Waals surface area contributed by atoms with Crippen LogP contribution in [0.5, 0.6) is 5.88 Å². The molecule has 3 heteroatoms. The second-order valence-corrected chi connectivity index (χ2v) is 2.60. The minimum atomic E-state index is -0.282. The molecule has 0 atom stereocenters. The van der Waals surface area contributed by atoms with Crippen molar-refractivity contribution in [3.8, 4) is 5.88 Å². The predicted molar refractivity (Wildman–Crippen MR) is 47.1 cm³/mol. The van der Waals surface area contributed by atoms with Gasteiger partial charge in [0.2, 0.25) is 5.88 Å². The first kappa shape index (κ1) is 7.98. The molecule has 2 rings (SSSR count). The minimum Gasteiger partial charge on any atom is -0.481 e. The lowest BCUT2D eigenvalue weighted by Gasteiger charge is -2.00. The third kappa shape index (κ3) is 1.45. The molecule has 0 amide bonds. The maximum atomic E-state index is 12.7. The molecule has 2 nitrogen and oxygen atoms in total. The van der Waals surface area contributed by atoms with E-state index in [9.17, 15) is 4.39 Å². The highest BCUT2D eigenvalue weighted by Crippen LogP contribution is 2.16. The summed E-state index contributed by atoms with van der Waals surface area (Å²) in [4.78, 5) is 4.11. The zero-order valence-corrected chi connectivity index (χ0v) is 7.04. The summed E-state index contributed by atoms with van der Waals surface area (Å²) in [5, 5.41) is 0.654. The van der Waals surface area contributed by atoms with Crippen molar-refractivity contribution in [3.63, 3.8) is 0 Å². The quantitative estimate of drug-likeness (QED) is 0.664. The number of benzene rings is 1. The second-order valence-electron chi connectivity index (χ2n) is 2.60. The molecule has 0 saturated heterocycles. The Labute approximate surface area is 75.0 Å². The van der Waals surface area contributed by atoms with Crippen LogP contribution in [-0.2, 0) is 0 Å². The van der Waals surface area contributed by atoms with E-state index in [1.807, 2.05) is 0 Å². The summed E-state index contributed by atoms with van der Waals surface area (Å²) in [7, 11) is 1.53. The summed E-state index contributed by atoms with van der Waals surface area (Å²) < 4.78 is 17.7. The zero-order chi connectivity index (χ0) is 9.26. The normalized spacial score (nSPS) is 10.3. The van der Waals surface area contributed by atoms with Crippen molar-refractivity contribution in [2.75, 3.05) is 7.11 Å². The number of nitrogens with zero attached hydrogens (tertiary/aromatic N) is 1. The van der Waals surface area contributed by atoms with Crippen molar-refractivity contribution in [2.24, 2.45) is 0 Å². The van der Waals surface area contributed by atoms with Crippen molar-refractivity contribution in [1.82, 2.24) is 4.98 Å². The average molecular weight is 176 g/mol. The molecule has 0 N–H and O–H groups in total. The first-order valence-electron chi connectivity index (χ1n) is 3.81. The van der Waals surface area contributed by atoms with Gasteiger partial charge in [0.05, 0.1) is 12.6 Å². The number of ether oxygens (including phenoxy) is 1. The van der Waals surface area contributed by atoms with Gasteiger partial charge in [0, 0.05) is 11.5 Å². The Bertz CT molecular complexity index is 442. The molecule has 0 saturated carbocycles. The molecule has 0 aliphatic heterocycles. The van der Waals surface area contributed by atoms with Gasteiger partial charge in [-0.25, -0.2) is 9.37 Å². The van der Waals surface area contributed by atoms with Crippen LogP contribution in [0.15, 0.2) is 24.3 Å². The minimum absolute atomic E-state index is 0.282. The van der Waals surface area contributed by atoms with E-state index in [2.05, 4.69) is 11.1 Å². The fourth-order valence-corrected chi connectivity index (χ4v) is 1.12. The van der Waals surface area contributed by atoms with Crippen molar-refractivity contribution in [3.05, 3.63) is 36.1 Å². The molecule has 0 bridgehead atoms. The highest BCUT2D eigenvalue weighted by molar-refractivity contribution is 5.78. The molecule has 0 spiro atoms. The Kier molecular flexibility index (Phi) is 1.85. The lowest BCUT2D eigenvalue weighted by Crippen LogP contribution is -1.88.